The van der Waals surface area contributed by atoms with Gasteiger partial charge >= 0.3 is 0 Å². The number of aromatic nitrogens is 3. The number of thioether (sulfide) groups is 1. The molecule has 2 aromatic rings. The Labute approximate surface area is 170 Å². The fourth-order valence-corrected chi connectivity index (χ4v) is 6.33. The maximum Gasteiger partial charge on any atom is 0.244 e. The van der Waals surface area contributed by atoms with Gasteiger partial charge < -0.3 is 9.88 Å². The van der Waals surface area contributed by atoms with Gasteiger partial charge in [0.25, 0.3) is 0 Å². The van der Waals surface area contributed by atoms with Gasteiger partial charge in [-0.25, -0.2) is 8.42 Å². The summed E-state index contributed by atoms with van der Waals surface area (Å²) in [6.07, 6.45) is 3.47. The number of nitrogens with one attached hydrogen (secondary N) is 1. The van der Waals surface area contributed by atoms with Gasteiger partial charge in [0.15, 0.2) is 0 Å². The molecular weight excluding hydrogens is 406 g/mol. The summed E-state index contributed by atoms with van der Waals surface area (Å²) in [4.78, 5) is 1.21. The molecule has 3 heterocycles. The first-order valence-electron chi connectivity index (χ1n) is 8.87. The zero-order valence-corrected chi connectivity index (χ0v) is 17.6. The summed E-state index contributed by atoms with van der Waals surface area (Å²) in [5, 5.41) is 12.0. The molecule has 148 valence electrons. The lowest BCUT2D eigenvalue weighted by Crippen LogP contribution is -2.39. The van der Waals surface area contributed by atoms with Crippen molar-refractivity contribution in [3.05, 3.63) is 35.9 Å². The van der Waals surface area contributed by atoms with Gasteiger partial charge in [0, 0.05) is 37.0 Å². The van der Waals surface area contributed by atoms with E-state index in [1.54, 1.807) is 16.4 Å². The molecule has 0 spiro atoms. The monoisotopic (exact) mass is 429 g/mol. The molecule has 7 nitrogen and oxygen atoms in total. The molecule has 2 aliphatic rings. The van der Waals surface area contributed by atoms with Crippen LogP contribution in [-0.2, 0) is 23.1 Å². The Hall–Kier alpha value is -1.13. The lowest BCUT2D eigenvalue weighted by molar-refractivity contribution is 0.306. The molecule has 10 heteroatoms. The first-order valence-corrected chi connectivity index (χ1v) is 11.5. The summed E-state index contributed by atoms with van der Waals surface area (Å²) < 4.78 is 29.9. The molecule has 0 amide bonds. The van der Waals surface area contributed by atoms with E-state index in [-0.39, 0.29) is 18.3 Å². The van der Waals surface area contributed by atoms with Crippen LogP contribution in [0.15, 0.2) is 34.1 Å². The molecule has 0 radical (unpaired) electrons. The number of fused-ring (bicyclic) bond motifs is 1. The van der Waals surface area contributed by atoms with Crippen LogP contribution in [0.5, 0.6) is 0 Å². The van der Waals surface area contributed by atoms with Gasteiger partial charge in [0.05, 0.1) is 11.4 Å². The predicted molar refractivity (Wildman–Crippen MR) is 108 cm³/mol. The molecule has 1 N–H and O–H groups in total. The summed E-state index contributed by atoms with van der Waals surface area (Å²) in [6, 6.07) is 7.23. The third-order valence-corrected chi connectivity index (χ3v) is 8.04. The summed E-state index contributed by atoms with van der Waals surface area (Å²) in [6.45, 7) is 3.62. The first kappa shape index (κ1) is 20.6. The van der Waals surface area contributed by atoms with Crippen molar-refractivity contribution in [2.24, 2.45) is 0 Å². The van der Waals surface area contributed by atoms with Crippen LogP contribution >= 0.6 is 24.2 Å². The van der Waals surface area contributed by atoms with Crippen molar-refractivity contribution in [2.75, 3.05) is 25.9 Å². The highest BCUT2D eigenvalue weighted by molar-refractivity contribution is 7.99. The lowest BCUT2D eigenvalue weighted by atomic mass is 9.97. The first-order chi connectivity index (χ1) is 12.6. The van der Waals surface area contributed by atoms with Gasteiger partial charge in [0.1, 0.15) is 11.6 Å². The van der Waals surface area contributed by atoms with Crippen molar-refractivity contribution in [3.8, 4) is 0 Å². The molecule has 1 fully saturated rings. The van der Waals surface area contributed by atoms with E-state index >= 15 is 0 Å². The molecule has 1 saturated heterocycles. The Bertz CT molecular complexity index is 894. The molecule has 2 aliphatic heterocycles. The second-order valence-corrected chi connectivity index (χ2v) is 9.39. The van der Waals surface area contributed by atoms with E-state index in [4.69, 9.17) is 0 Å². The Kier molecular flexibility index (Phi) is 6.47. The molecule has 0 bridgehead atoms. The zero-order valence-electron chi connectivity index (χ0n) is 15.2. The summed E-state index contributed by atoms with van der Waals surface area (Å²) in [5.74, 6) is 2.27. The molecule has 0 unspecified atom stereocenters. The van der Waals surface area contributed by atoms with Crippen LogP contribution < -0.4 is 5.32 Å². The average Bonchev–Trinajstić information content (AvgIpc) is 3.12. The van der Waals surface area contributed by atoms with Gasteiger partial charge in [-0.3, -0.25) is 0 Å². The molecule has 0 atom stereocenters. The van der Waals surface area contributed by atoms with Crippen molar-refractivity contribution in [1.29, 1.82) is 0 Å². The zero-order chi connectivity index (χ0) is 18.1. The Morgan fingerprint density at radius 1 is 1.15 bits per heavy atom. The Balaban J connectivity index is 0.00000210. The predicted octanol–water partition coefficient (Wildman–Crippen LogP) is 2.09. The van der Waals surface area contributed by atoms with Gasteiger partial charge in [-0.1, -0.05) is 12.1 Å². The number of benzene rings is 1. The molecule has 0 aliphatic carbocycles. The van der Waals surface area contributed by atoms with Crippen LogP contribution in [0.4, 0.5) is 0 Å². The topological polar surface area (TPSA) is 80.1 Å². The van der Waals surface area contributed by atoms with E-state index < -0.39 is 10.0 Å². The van der Waals surface area contributed by atoms with Gasteiger partial charge in [0.2, 0.25) is 10.0 Å². The second-order valence-electron chi connectivity index (χ2n) is 6.63. The highest BCUT2D eigenvalue weighted by atomic mass is 35.5. The smallest absolute Gasteiger partial charge is 0.244 e. The number of piperidine rings is 1. The molecule has 1 aromatic carbocycles. The maximum atomic E-state index is 13.1. The van der Waals surface area contributed by atoms with Crippen molar-refractivity contribution in [1.82, 2.24) is 24.4 Å². The molecule has 27 heavy (non-hydrogen) atoms. The highest BCUT2D eigenvalue weighted by Gasteiger charge is 2.33. The number of nitrogens with zero attached hydrogens (tertiary/aromatic N) is 4. The quantitative estimate of drug-likeness (QED) is 0.749. The number of halogens is 1. The number of hydrogen-bond acceptors (Lipinski definition) is 6. The Morgan fingerprint density at radius 3 is 2.63 bits per heavy atom. The third kappa shape index (κ3) is 3.88. The molecular formula is C17H24ClN5O2S2. The van der Waals surface area contributed by atoms with Crippen LogP contribution in [0.3, 0.4) is 0 Å². The highest BCUT2D eigenvalue weighted by Crippen LogP contribution is 2.33. The SMILES string of the molecule is CSc1ccccc1S(=O)(=O)N1CCC(c2nnc3n2CCNC3)CC1.Cl. The van der Waals surface area contributed by atoms with Crippen molar-refractivity contribution in [2.45, 2.75) is 41.6 Å². The standard InChI is InChI=1S/C17H23N5O2S2.ClH/c1-25-14-4-2-3-5-15(14)26(23,24)21-9-6-13(7-10-21)17-20-19-16-12-18-8-11-22(16)17;/h2-5,13,18H,6-12H2,1H3;1H. The third-order valence-electron chi connectivity index (χ3n) is 5.16. The Morgan fingerprint density at radius 2 is 1.89 bits per heavy atom. The van der Waals surface area contributed by atoms with E-state index in [0.717, 1.165) is 49.0 Å². The van der Waals surface area contributed by atoms with E-state index in [0.29, 0.717) is 18.0 Å². The molecule has 1 aromatic heterocycles. The minimum atomic E-state index is -3.45. The van der Waals surface area contributed by atoms with Gasteiger partial charge in [-0.2, -0.15) is 4.31 Å². The summed E-state index contributed by atoms with van der Waals surface area (Å²) >= 11 is 1.47. The minimum Gasteiger partial charge on any atom is -0.312 e. The summed E-state index contributed by atoms with van der Waals surface area (Å²) in [7, 11) is -3.45. The van der Waals surface area contributed by atoms with Crippen LogP contribution in [-0.4, -0.2) is 53.4 Å². The van der Waals surface area contributed by atoms with Crippen LogP contribution in [0.25, 0.3) is 0 Å². The minimum absolute atomic E-state index is 0. The van der Waals surface area contributed by atoms with E-state index in [9.17, 15) is 8.42 Å². The number of rotatable bonds is 4. The second kappa shape index (κ2) is 8.48. The normalized spacial score (nSPS) is 18.7. The average molecular weight is 430 g/mol. The van der Waals surface area contributed by atoms with Crippen LogP contribution in [0.1, 0.15) is 30.4 Å². The summed E-state index contributed by atoms with van der Waals surface area (Å²) in [5.41, 5.74) is 0. The van der Waals surface area contributed by atoms with Crippen molar-refractivity contribution in [3.63, 3.8) is 0 Å². The van der Waals surface area contributed by atoms with Gasteiger partial charge in [-0.15, -0.1) is 34.4 Å². The van der Waals surface area contributed by atoms with Gasteiger partial charge in [-0.05, 0) is 31.2 Å². The number of sulfonamides is 1. The maximum absolute atomic E-state index is 13.1. The van der Waals surface area contributed by atoms with Crippen LogP contribution in [0.2, 0.25) is 0 Å². The van der Waals surface area contributed by atoms with Crippen molar-refractivity contribution >= 4 is 34.2 Å². The molecule has 4 rings (SSSR count). The van der Waals surface area contributed by atoms with E-state index in [2.05, 4.69) is 20.1 Å². The van der Waals surface area contributed by atoms with E-state index in [1.807, 2.05) is 18.4 Å². The lowest BCUT2D eigenvalue weighted by Gasteiger charge is -2.31. The largest absolute Gasteiger partial charge is 0.312 e. The van der Waals surface area contributed by atoms with E-state index in [1.165, 1.54) is 11.8 Å². The number of hydrogen-bond donors (Lipinski definition) is 1. The molecule has 0 saturated carbocycles. The van der Waals surface area contributed by atoms with Crippen LogP contribution in [0, 0.1) is 0 Å². The fourth-order valence-electron chi connectivity index (χ4n) is 3.74. The fraction of sp³-hybridized carbons (Fsp3) is 0.529. The van der Waals surface area contributed by atoms with Crippen molar-refractivity contribution < 1.29 is 8.42 Å².